The molecule has 3 aromatic rings. The smallest absolute Gasteiger partial charge is 0.279 e. The normalized spacial score (nSPS) is 12.5. The van der Waals surface area contributed by atoms with Crippen LogP contribution in [0.4, 0.5) is 0 Å². The third kappa shape index (κ3) is 4.49. The van der Waals surface area contributed by atoms with E-state index in [1.807, 2.05) is 18.4 Å². The first-order valence-electron chi connectivity index (χ1n) is 9.96. The number of sulfonamides is 1. The molecule has 0 unspecified atom stereocenters. The van der Waals surface area contributed by atoms with Crippen molar-refractivity contribution in [1.29, 1.82) is 0 Å². The zero-order valence-corrected chi connectivity index (χ0v) is 19.7. The van der Waals surface area contributed by atoms with E-state index in [4.69, 9.17) is 6.42 Å². The Morgan fingerprint density at radius 3 is 2.39 bits per heavy atom. The number of amides is 1. The van der Waals surface area contributed by atoms with Gasteiger partial charge in [-0.05, 0) is 55.3 Å². The molecule has 1 heterocycles. The van der Waals surface area contributed by atoms with E-state index in [2.05, 4.69) is 23.0 Å². The van der Waals surface area contributed by atoms with Crippen molar-refractivity contribution in [3.05, 3.63) is 57.9 Å². The fourth-order valence-electron chi connectivity index (χ4n) is 3.55. The van der Waals surface area contributed by atoms with Crippen LogP contribution in [0, 0.1) is 26.2 Å². The van der Waals surface area contributed by atoms with Crippen LogP contribution in [0.15, 0.2) is 46.3 Å². The molecule has 0 N–H and O–H groups in total. The highest BCUT2D eigenvalue weighted by Gasteiger charge is 2.21. The summed E-state index contributed by atoms with van der Waals surface area (Å²) in [4.78, 5) is 17.8. The van der Waals surface area contributed by atoms with Gasteiger partial charge in [0.1, 0.15) is 0 Å². The Morgan fingerprint density at radius 1 is 1.16 bits per heavy atom. The lowest BCUT2D eigenvalue weighted by Crippen LogP contribution is -2.30. The Bertz CT molecular complexity index is 1340. The second kappa shape index (κ2) is 9.18. The monoisotopic (exact) mass is 455 g/mol. The summed E-state index contributed by atoms with van der Waals surface area (Å²) < 4.78 is 29.5. The van der Waals surface area contributed by atoms with Crippen LogP contribution in [0.25, 0.3) is 10.2 Å². The fraction of sp³-hybridized carbons (Fsp3) is 0.304. The molecule has 0 aliphatic carbocycles. The minimum Gasteiger partial charge on any atom is -0.304 e. The molecule has 6 nitrogen and oxygen atoms in total. The van der Waals surface area contributed by atoms with Gasteiger partial charge < -0.3 is 4.57 Å². The van der Waals surface area contributed by atoms with Crippen molar-refractivity contribution in [2.24, 2.45) is 4.99 Å². The number of fused-ring (bicyclic) bond motifs is 1. The third-order valence-electron chi connectivity index (χ3n) is 5.00. The molecule has 0 saturated carbocycles. The highest BCUT2D eigenvalue weighted by atomic mass is 32.2. The predicted octanol–water partition coefficient (Wildman–Crippen LogP) is 3.72. The van der Waals surface area contributed by atoms with Gasteiger partial charge in [-0.3, -0.25) is 4.79 Å². The van der Waals surface area contributed by atoms with Crippen molar-refractivity contribution in [1.82, 2.24) is 8.87 Å². The van der Waals surface area contributed by atoms with Crippen molar-refractivity contribution >= 4 is 37.5 Å². The minimum atomic E-state index is -3.58. The molecule has 0 spiro atoms. The summed E-state index contributed by atoms with van der Waals surface area (Å²) in [6, 6.07) is 10.0. The Morgan fingerprint density at radius 2 is 1.81 bits per heavy atom. The molecular formula is C23H25N3O3S2. The van der Waals surface area contributed by atoms with E-state index < -0.39 is 15.9 Å². The minimum absolute atomic E-state index is 0.156. The number of nitrogens with zero attached hydrogens (tertiary/aromatic N) is 3. The molecule has 31 heavy (non-hydrogen) atoms. The topological polar surface area (TPSA) is 71.7 Å². The number of terminal acetylenes is 1. The highest BCUT2D eigenvalue weighted by Crippen LogP contribution is 2.23. The average Bonchev–Trinajstić information content (AvgIpc) is 3.06. The lowest BCUT2D eigenvalue weighted by Gasteiger charge is -2.18. The third-order valence-corrected chi connectivity index (χ3v) is 8.09. The van der Waals surface area contributed by atoms with Crippen molar-refractivity contribution in [3.63, 3.8) is 0 Å². The molecule has 162 valence electrons. The van der Waals surface area contributed by atoms with E-state index in [1.165, 1.54) is 39.9 Å². The van der Waals surface area contributed by atoms with Crippen molar-refractivity contribution in [3.8, 4) is 12.3 Å². The summed E-state index contributed by atoms with van der Waals surface area (Å²) in [5.74, 6) is 2.18. The summed E-state index contributed by atoms with van der Waals surface area (Å²) >= 11 is 1.41. The Labute approximate surface area is 186 Å². The molecule has 1 aromatic heterocycles. The van der Waals surface area contributed by atoms with Crippen LogP contribution in [0.2, 0.25) is 0 Å². The molecule has 3 rings (SSSR count). The first kappa shape index (κ1) is 22.9. The van der Waals surface area contributed by atoms with Crippen molar-refractivity contribution in [2.75, 3.05) is 13.1 Å². The van der Waals surface area contributed by atoms with Crippen LogP contribution in [-0.2, 0) is 16.6 Å². The molecule has 1 amide bonds. The summed E-state index contributed by atoms with van der Waals surface area (Å²) in [5.41, 5.74) is 3.49. The van der Waals surface area contributed by atoms with Gasteiger partial charge >= 0.3 is 0 Å². The van der Waals surface area contributed by atoms with Crippen LogP contribution in [0.3, 0.4) is 0 Å². The van der Waals surface area contributed by atoms with Gasteiger partial charge in [0, 0.05) is 18.7 Å². The van der Waals surface area contributed by atoms with Gasteiger partial charge in [0.15, 0.2) is 4.80 Å². The van der Waals surface area contributed by atoms with Gasteiger partial charge in [-0.2, -0.15) is 9.30 Å². The van der Waals surface area contributed by atoms with E-state index in [9.17, 15) is 13.2 Å². The summed E-state index contributed by atoms with van der Waals surface area (Å²) in [6.07, 6.45) is 5.55. The summed E-state index contributed by atoms with van der Waals surface area (Å²) in [6.45, 7) is 8.68. The van der Waals surface area contributed by atoms with E-state index in [-0.39, 0.29) is 4.90 Å². The molecule has 2 aromatic carbocycles. The number of aromatic nitrogens is 1. The van der Waals surface area contributed by atoms with Gasteiger partial charge in [0.2, 0.25) is 10.0 Å². The number of benzene rings is 2. The van der Waals surface area contributed by atoms with Gasteiger partial charge in [-0.25, -0.2) is 8.42 Å². The van der Waals surface area contributed by atoms with Gasteiger partial charge in [0.05, 0.1) is 21.7 Å². The standard InChI is InChI=1S/C23H25N3O3S2/c1-6-13-26-21-17(5)14-16(4)15-20(21)30-23(26)24-22(27)18-9-11-19(12-10-18)31(28,29)25(7-2)8-3/h1,9-12,14-15H,7-8,13H2,2-5H3. The van der Waals surface area contributed by atoms with E-state index in [0.717, 1.165) is 21.3 Å². The van der Waals surface area contributed by atoms with E-state index >= 15 is 0 Å². The number of carbonyl (C=O) groups is 1. The van der Waals surface area contributed by atoms with Crippen molar-refractivity contribution in [2.45, 2.75) is 39.1 Å². The van der Waals surface area contributed by atoms with E-state index in [0.29, 0.717) is 30.0 Å². The Kier molecular flexibility index (Phi) is 6.80. The van der Waals surface area contributed by atoms with Crippen LogP contribution < -0.4 is 4.80 Å². The lowest BCUT2D eigenvalue weighted by molar-refractivity contribution is 0.0998. The van der Waals surface area contributed by atoms with Crippen molar-refractivity contribution < 1.29 is 13.2 Å². The largest absolute Gasteiger partial charge is 0.304 e. The van der Waals surface area contributed by atoms with Crippen LogP contribution in [0.1, 0.15) is 35.3 Å². The second-order valence-corrected chi connectivity index (χ2v) is 10.1. The molecule has 0 atom stereocenters. The first-order chi connectivity index (χ1) is 14.7. The van der Waals surface area contributed by atoms with Crippen LogP contribution in [-0.4, -0.2) is 36.3 Å². The molecule has 0 fully saturated rings. The Balaban J connectivity index is 2.03. The molecular weight excluding hydrogens is 430 g/mol. The maximum atomic E-state index is 12.8. The quantitative estimate of drug-likeness (QED) is 0.532. The van der Waals surface area contributed by atoms with Gasteiger partial charge in [-0.15, -0.1) is 6.42 Å². The fourth-order valence-corrected chi connectivity index (χ4v) is 6.21. The second-order valence-electron chi connectivity index (χ2n) is 7.13. The highest BCUT2D eigenvalue weighted by molar-refractivity contribution is 7.89. The van der Waals surface area contributed by atoms with E-state index in [1.54, 1.807) is 13.8 Å². The number of carbonyl (C=O) groups excluding carboxylic acids is 1. The number of hydrogen-bond acceptors (Lipinski definition) is 4. The summed E-state index contributed by atoms with van der Waals surface area (Å²) in [7, 11) is -3.58. The molecule has 0 radical (unpaired) electrons. The zero-order valence-electron chi connectivity index (χ0n) is 18.0. The lowest BCUT2D eigenvalue weighted by atomic mass is 10.1. The zero-order chi connectivity index (χ0) is 22.8. The van der Waals surface area contributed by atoms with Gasteiger partial charge in [-0.1, -0.05) is 37.2 Å². The average molecular weight is 456 g/mol. The molecule has 0 aliphatic rings. The maximum Gasteiger partial charge on any atom is 0.279 e. The molecule has 0 bridgehead atoms. The number of rotatable bonds is 6. The molecule has 8 heteroatoms. The number of hydrogen-bond donors (Lipinski definition) is 0. The van der Waals surface area contributed by atoms with Gasteiger partial charge in [0.25, 0.3) is 5.91 Å². The molecule has 0 saturated heterocycles. The number of aryl methyl sites for hydroxylation is 2. The van der Waals surface area contributed by atoms with Crippen LogP contribution in [0.5, 0.6) is 0 Å². The maximum absolute atomic E-state index is 12.8. The summed E-state index contributed by atoms with van der Waals surface area (Å²) in [5, 5.41) is 0. The first-order valence-corrected chi connectivity index (χ1v) is 12.2. The Hall–Kier alpha value is -2.73. The molecule has 0 aliphatic heterocycles. The van der Waals surface area contributed by atoms with Crippen LogP contribution >= 0.6 is 11.3 Å². The predicted molar refractivity (Wildman–Crippen MR) is 125 cm³/mol. The number of thiazole rings is 1. The SMILES string of the molecule is C#CCn1c(=NC(=O)c2ccc(S(=O)(=O)N(CC)CC)cc2)sc2cc(C)cc(C)c21.